The summed E-state index contributed by atoms with van der Waals surface area (Å²) >= 11 is 0. The Kier molecular flexibility index (Phi) is 4.85. The number of aryl methyl sites for hydroxylation is 1. The Bertz CT molecular complexity index is 1120. The molecular formula is C21H20N4O4. The first kappa shape index (κ1) is 18.8. The summed E-state index contributed by atoms with van der Waals surface area (Å²) in [6, 6.07) is 8.20. The van der Waals surface area contributed by atoms with Gasteiger partial charge in [0.25, 0.3) is 11.7 Å². The number of amides is 1. The number of hydrogen-bond acceptors (Lipinski definition) is 6. The first-order valence-electron chi connectivity index (χ1n) is 9.16. The number of carbonyl (C=O) groups is 2. The van der Waals surface area contributed by atoms with Crippen LogP contribution in [-0.4, -0.2) is 56.3 Å². The summed E-state index contributed by atoms with van der Waals surface area (Å²) in [5, 5.41) is 11.2. The SMILES string of the molecule is COCCN1C(=O)C(=O)C(=C(O)c2c(C)nc3ccccn23)C1c1cccnc1. The topological polar surface area (TPSA) is 97.0 Å². The van der Waals surface area contributed by atoms with E-state index in [9.17, 15) is 14.7 Å². The molecular weight excluding hydrogens is 372 g/mol. The molecule has 1 fully saturated rings. The fourth-order valence-corrected chi connectivity index (χ4v) is 3.71. The first-order valence-corrected chi connectivity index (χ1v) is 9.16. The number of hydrogen-bond donors (Lipinski definition) is 1. The first-order chi connectivity index (χ1) is 14.0. The maximum absolute atomic E-state index is 12.9. The van der Waals surface area contributed by atoms with Gasteiger partial charge in [-0.2, -0.15) is 0 Å². The van der Waals surface area contributed by atoms with E-state index in [1.54, 1.807) is 54.2 Å². The molecule has 4 heterocycles. The van der Waals surface area contributed by atoms with Gasteiger partial charge in [-0.15, -0.1) is 0 Å². The highest BCUT2D eigenvalue weighted by Gasteiger charge is 2.46. The summed E-state index contributed by atoms with van der Waals surface area (Å²) in [5.41, 5.74) is 2.24. The number of imidazole rings is 1. The molecule has 1 aliphatic rings. The molecule has 0 aromatic carbocycles. The standard InChI is InChI=1S/C21H20N4O4/c1-13-17(24-9-4-3-7-15(24)23-13)19(26)16-18(14-6-5-8-22-12-14)25(10-11-29-2)21(28)20(16)27/h3-9,12,18,26H,10-11H2,1-2H3. The number of nitrogens with zero attached hydrogens (tertiary/aromatic N) is 4. The van der Waals surface area contributed by atoms with Crippen LogP contribution in [0.25, 0.3) is 11.4 Å². The summed E-state index contributed by atoms with van der Waals surface area (Å²) in [7, 11) is 1.53. The fourth-order valence-electron chi connectivity index (χ4n) is 3.71. The minimum atomic E-state index is -0.757. The van der Waals surface area contributed by atoms with E-state index in [4.69, 9.17) is 4.74 Å². The van der Waals surface area contributed by atoms with Crippen LogP contribution in [0.2, 0.25) is 0 Å². The molecule has 3 aromatic heterocycles. The molecule has 29 heavy (non-hydrogen) atoms. The van der Waals surface area contributed by atoms with Crippen molar-refractivity contribution < 1.29 is 19.4 Å². The molecule has 0 aliphatic carbocycles. The molecule has 1 saturated heterocycles. The van der Waals surface area contributed by atoms with Crippen molar-refractivity contribution in [1.82, 2.24) is 19.3 Å². The highest BCUT2D eigenvalue weighted by atomic mass is 16.5. The van der Waals surface area contributed by atoms with E-state index in [1.807, 2.05) is 6.07 Å². The van der Waals surface area contributed by atoms with E-state index in [1.165, 1.54) is 12.0 Å². The van der Waals surface area contributed by atoms with Gasteiger partial charge in [-0.3, -0.25) is 19.0 Å². The van der Waals surface area contributed by atoms with E-state index >= 15 is 0 Å². The lowest BCUT2D eigenvalue weighted by Gasteiger charge is -2.24. The van der Waals surface area contributed by atoms with E-state index in [0.29, 0.717) is 22.6 Å². The molecule has 1 atom stereocenters. The van der Waals surface area contributed by atoms with Gasteiger partial charge >= 0.3 is 0 Å². The van der Waals surface area contributed by atoms with Crippen molar-refractivity contribution in [3.63, 3.8) is 0 Å². The number of ketones is 1. The maximum atomic E-state index is 12.9. The van der Waals surface area contributed by atoms with E-state index in [2.05, 4.69) is 9.97 Å². The third-order valence-electron chi connectivity index (χ3n) is 5.00. The molecule has 3 aromatic rings. The van der Waals surface area contributed by atoms with Crippen molar-refractivity contribution in [1.29, 1.82) is 0 Å². The zero-order valence-electron chi connectivity index (χ0n) is 16.1. The second-order valence-corrected chi connectivity index (χ2v) is 6.75. The molecule has 1 amide bonds. The van der Waals surface area contributed by atoms with Crippen LogP contribution in [0.5, 0.6) is 0 Å². The van der Waals surface area contributed by atoms with Gasteiger partial charge in [0.05, 0.1) is 23.9 Å². The number of aliphatic hydroxyl groups is 1. The monoisotopic (exact) mass is 392 g/mol. The Hall–Kier alpha value is -3.52. The quantitative estimate of drug-likeness (QED) is 0.406. The molecule has 0 bridgehead atoms. The number of pyridine rings is 2. The number of likely N-dealkylation sites (tertiary alicyclic amines) is 1. The largest absolute Gasteiger partial charge is 0.505 e. The summed E-state index contributed by atoms with van der Waals surface area (Å²) < 4.78 is 6.80. The predicted octanol–water partition coefficient (Wildman–Crippen LogP) is 2.11. The Morgan fingerprint density at radius 3 is 2.79 bits per heavy atom. The number of ether oxygens (including phenoxy) is 1. The molecule has 4 rings (SSSR count). The molecule has 0 saturated carbocycles. The lowest BCUT2D eigenvalue weighted by molar-refractivity contribution is -0.140. The van der Waals surface area contributed by atoms with Crippen LogP contribution in [0.1, 0.15) is 23.0 Å². The third kappa shape index (κ3) is 3.07. The minimum Gasteiger partial charge on any atom is -0.505 e. The fraction of sp³-hybridized carbons (Fsp3) is 0.238. The van der Waals surface area contributed by atoms with Gasteiger partial charge in [0.15, 0.2) is 5.76 Å². The summed E-state index contributed by atoms with van der Waals surface area (Å²) in [6.45, 7) is 2.23. The van der Waals surface area contributed by atoms with Crippen molar-refractivity contribution in [3.8, 4) is 0 Å². The van der Waals surface area contributed by atoms with Gasteiger partial charge in [-0.05, 0) is 30.7 Å². The molecule has 0 radical (unpaired) electrons. The number of methoxy groups -OCH3 is 1. The highest BCUT2D eigenvalue weighted by molar-refractivity contribution is 6.46. The minimum absolute atomic E-state index is 0.0212. The Labute approximate surface area is 167 Å². The van der Waals surface area contributed by atoms with Crippen LogP contribution < -0.4 is 0 Å². The van der Waals surface area contributed by atoms with Gasteiger partial charge in [0, 0.05) is 32.2 Å². The summed E-state index contributed by atoms with van der Waals surface area (Å²) in [5.74, 6) is -1.67. The number of aliphatic hydroxyl groups excluding tert-OH is 1. The van der Waals surface area contributed by atoms with Crippen molar-refractivity contribution in [3.05, 3.63) is 71.4 Å². The molecule has 1 N–H and O–H groups in total. The zero-order valence-corrected chi connectivity index (χ0v) is 16.1. The van der Waals surface area contributed by atoms with E-state index in [-0.39, 0.29) is 24.5 Å². The van der Waals surface area contributed by atoms with E-state index in [0.717, 1.165) is 0 Å². The van der Waals surface area contributed by atoms with Crippen molar-refractivity contribution >= 4 is 23.1 Å². The number of carbonyl (C=O) groups excluding carboxylic acids is 2. The predicted molar refractivity (Wildman–Crippen MR) is 105 cm³/mol. The van der Waals surface area contributed by atoms with Crippen LogP contribution >= 0.6 is 0 Å². The number of Topliss-reactive ketones (excluding diaryl/α,β-unsaturated/α-hetero) is 1. The van der Waals surface area contributed by atoms with Crippen LogP contribution in [0, 0.1) is 6.92 Å². The smallest absolute Gasteiger partial charge is 0.295 e. The lowest BCUT2D eigenvalue weighted by Crippen LogP contribution is -2.32. The van der Waals surface area contributed by atoms with Crippen LogP contribution in [0.4, 0.5) is 0 Å². The average Bonchev–Trinajstić information content (AvgIpc) is 3.20. The van der Waals surface area contributed by atoms with Gasteiger partial charge < -0.3 is 14.7 Å². The molecule has 1 unspecified atom stereocenters. The Morgan fingerprint density at radius 2 is 2.07 bits per heavy atom. The normalized spacial score (nSPS) is 18.7. The number of fused-ring (bicyclic) bond motifs is 1. The maximum Gasteiger partial charge on any atom is 0.295 e. The number of aromatic nitrogens is 3. The lowest BCUT2D eigenvalue weighted by atomic mass is 9.97. The van der Waals surface area contributed by atoms with Crippen molar-refractivity contribution in [2.45, 2.75) is 13.0 Å². The second kappa shape index (κ2) is 7.48. The van der Waals surface area contributed by atoms with Gasteiger partial charge in [-0.1, -0.05) is 12.1 Å². The van der Waals surface area contributed by atoms with Gasteiger partial charge in [0.2, 0.25) is 0 Å². The van der Waals surface area contributed by atoms with Gasteiger partial charge in [-0.25, -0.2) is 4.98 Å². The molecule has 8 nitrogen and oxygen atoms in total. The van der Waals surface area contributed by atoms with Crippen LogP contribution in [0.15, 0.2) is 54.5 Å². The molecule has 0 spiro atoms. The van der Waals surface area contributed by atoms with E-state index < -0.39 is 17.7 Å². The van der Waals surface area contributed by atoms with Crippen LogP contribution in [-0.2, 0) is 14.3 Å². The molecule has 148 valence electrons. The summed E-state index contributed by atoms with van der Waals surface area (Å²) in [4.78, 5) is 35.7. The second-order valence-electron chi connectivity index (χ2n) is 6.75. The molecule has 1 aliphatic heterocycles. The average molecular weight is 392 g/mol. The number of rotatable bonds is 5. The highest BCUT2D eigenvalue weighted by Crippen LogP contribution is 2.39. The molecule has 8 heteroatoms. The van der Waals surface area contributed by atoms with Crippen molar-refractivity contribution in [2.24, 2.45) is 0 Å². The van der Waals surface area contributed by atoms with Crippen molar-refractivity contribution in [2.75, 3.05) is 20.3 Å². The Morgan fingerprint density at radius 1 is 1.24 bits per heavy atom. The van der Waals surface area contributed by atoms with Crippen LogP contribution in [0.3, 0.4) is 0 Å². The zero-order chi connectivity index (χ0) is 20.5. The Balaban J connectivity index is 1.94. The third-order valence-corrected chi connectivity index (χ3v) is 5.00. The van der Waals surface area contributed by atoms with Gasteiger partial charge in [0.1, 0.15) is 11.3 Å². The summed E-state index contributed by atoms with van der Waals surface area (Å²) in [6.07, 6.45) is 4.95.